The molecule has 5 nitrogen and oxygen atoms in total. The Kier molecular flexibility index (Phi) is 4.57. The first-order valence-electron chi connectivity index (χ1n) is 6.26. The monoisotopic (exact) mass is 337 g/mol. The van der Waals surface area contributed by atoms with Crippen LogP contribution in [0.3, 0.4) is 0 Å². The fourth-order valence-electron chi connectivity index (χ4n) is 1.74. The molecule has 1 aromatic heterocycles. The van der Waals surface area contributed by atoms with Crippen LogP contribution in [0.4, 0.5) is 0 Å². The molecule has 0 saturated carbocycles. The predicted molar refractivity (Wildman–Crippen MR) is 80.0 cm³/mol. The van der Waals surface area contributed by atoms with E-state index in [1.165, 1.54) is 0 Å². The zero-order valence-electron chi connectivity index (χ0n) is 11.3. The molecule has 0 aliphatic rings. The van der Waals surface area contributed by atoms with Crippen molar-refractivity contribution in [3.63, 3.8) is 0 Å². The van der Waals surface area contributed by atoms with E-state index < -0.39 is 6.10 Å². The van der Waals surface area contributed by atoms with Gasteiger partial charge in [-0.15, -0.1) is 0 Å². The fraction of sp³-hybridized carbons (Fsp3) is 0.286. The van der Waals surface area contributed by atoms with Crippen molar-refractivity contribution in [3.05, 3.63) is 46.2 Å². The van der Waals surface area contributed by atoms with Crippen molar-refractivity contribution < 1.29 is 9.90 Å². The molecule has 2 rings (SSSR count). The first kappa shape index (κ1) is 14.7. The van der Waals surface area contributed by atoms with Gasteiger partial charge in [-0.1, -0.05) is 15.9 Å². The lowest BCUT2D eigenvalue weighted by Gasteiger charge is -2.05. The van der Waals surface area contributed by atoms with E-state index >= 15 is 0 Å². The molecule has 1 amide bonds. The van der Waals surface area contributed by atoms with E-state index in [-0.39, 0.29) is 12.5 Å². The smallest absolute Gasteiger partial charge is 0.254 e. The molecule has 0 spiro atoms. The first-order valence-corrected chi connectivity index (χ1v) is 7.05. The van der Waals surface area contributed by atoms with E-state index in [2.05, 4.69) is 26.3 Å². The number of aryl methyl sites for hydroxylation is 1. The number of carbonyl (C=O) groups is 1. The zero-order chi connectivity index (χ0) is 14.7. The summed E-state index contributed by atoms with van der Waals surface area (Å²) in [6, 6.07) is 7.65. The Labute approximate surface area is 125 Å². The van der Waals surface area contributed by atoms with Gasteiger partial charge in [0.15, 0.2) is 0 Å². The number of aliphatic hydroxyl groups is 1. The molecule has 2 aromatic rings. The normalized spacial score (nSPS) is 12.2. The maximum Gasteiger partial charge on any atom is 0.254 e. The van der Waals surface area contributed by atoms with Gasteiger partial charge in [-0.3, -0.25) is 4.79 Å². The molecule has 106 valence electrons. The Bertz CT molecular complexity index is 605. The molecular formula is C14H16BrN3O2. The van der Waals surface area contributed by atoms with Crippen LogP contribution < -0.4 is 5.32 Å². The number of halogens is 1. The minimum atomic E-state index is -0.569. The SMILES string of the molecule is Cc1nn(-c2ccc(Br)cc2)cc1C(=O)NCC(C)O. The van der Waals surface area contributed by atoms with Crippen molar-refractivity contribution in [2.45, 2.75) is 20.0 Å². The zero-order valence-corrected chi connectivity index (χ0v) is 12.9. The molecule has 1 atom stereocenters. The maximum absolute atomic E-state index is 12.0. The highest BCUT2D eigenvalue weighted by Gasteiger charge is 2.14. The molecule has 0 bridgehead atoms. The molecule has 6 heteroatoms. The number of amides is 1. The minimum Gasteiger partial charge on any atom is -0.392 e. The largest absolute Gasteiger partial charge is 0.392 e. The van der Waals surface area contributed by atoms with E-state index in [9.17, 15) is 9.90 Å². The Hall–Kier alpha value is -1.66. The van der Waals surface area contributed by atoms with Crippen LogP contribution in [0, 0.1) is 6.92 Å². The number of hydrogen-bond acceptors (Lipinski definition) is 3. The lowest BCUT2D eigenvalue weighted by atomic mass is 10.2. The van der Waals surface area contributed by atoms with Crippen molar-refractivity contribution >= 4 is 21.8 Å². The van der Waals surface area contributed by atoms with Gasteiger partial charge in [0.1, 0.15) is 0 Å². The maximum atomic E-state index is 12.0. The van der Waals surface area contributed by atoms with Crippen molar-refractivity contribution in [2.24, 2.45) is 0 Å². The van der Waals surface area contributed by atoms with Crippen LogP contribution in [0.5, 0.6) is 0 Å². The summed E-state index contributed by atoms with van der Waals surface area (Å²) in [5, 5.41) is 16.2. The number of hydrogen-bond donors (Lipinski definition) is 2. The third-order valence-electron chi connectivity index (χ3n) is 2.79. The predicted octanol–water partition coefficient (Wildman–Crippen LogP) is 2.05. The minimum absolute atomic E-state index is 0.224. The van der Waals surface area contributed by atoms with Gasteiger partial charge in [-0.2, -0.15) is 5.10 Å². The lowest BCUT2D eigenvalue weighted by molar-refractivity contribution is 0.0923. The molecule has 2 N–H and O–H groups in total. The van der Waals surface area contributed by atoms with Crippen LogP contribution in [0.2, 0.25) is 0 Å². The summed E-state index contributed by atoms with van der Waals surface area (Å²) < 4.78 is 2.65. The fourth-order valence-corrected chi connectivity index (χ4v) is 2.01. The quantitative estimate of drug-likeness (QED) is 0.897. The highest BCUT2D eigenvalue weighted by molar-refractivity contribution is 9.10. The molecule has 1 aromatic carbocycles. The Morgan fingerprint density at radius 2 is 2.10 bits per heavy atom. The van der Waals surface area contributed by atoms with E-state index in [1.54, 1.807) is 24.7 Å². The van der Waals surface area contributed by atoms with Gasteiger partial charge in [0, 0.05) is 17.2 Å². The molecule has 0 aliphatic carbocycles. The summed E-state index contributed by atoms with van der Waals surface area (Å²) in [6.45, 7) is 3.63. The number of carbonyl (C=O) groups excluding carboxylic acids is 1. The van der Waals surface area contributed by atoms with Crippen LogP contribution in [-0.2, 0) is 0 Å². The Morgan fingerprint density at radius 3 is 2.70 bits per heavy atom. The third-order valence-corrected chi connectivity index (χ3v) is 3.32. The Morgan fingerprint density at radius 1 is 1.45 bits per heavy atom. The molecule has 20 heavy (non-hydrogen) atoms. The van der Waals surface area contributed by atoms with E-state index in [4.69, 9.17) is 0 Å². The topological polar surface area (TPSA) is 67.2 Å². The van der Waals surface area contributed by atoms with Gasteiger partial charge in [0.05, 0.1) is 23.0 Å². The summed E-state index contributed by atoms with van der Waals surface area (Å²) in [5.41, 5.74) is 2.04. The highest BCUT2D eigenvalue weighted by atomic mass is 79.9. The van der Waals surface area contributed by atoms with Crippen LogP contribution in [-0.4, -0.2) is 33.4 Å². The number of aliphatic hydroxyl groups excluding tert-OH is 1. The van der Waals surface area contributed by atoms with Crippen LogP contribution in [0.1, 0.15) is 23.0 Å². The second-order valence-corrected chi connectivity index (χ2v) is 5.52. The Balaban J connectivity index is 2.21. The second-order valence-electron chi connectivity index (χ2n) is 4.61. The standard InChI is InChI=1S/C14H16BrN3O2/c1-9(19)7-16-14(20)13-8-18(17-10(13)2)12-5-3-11(15)4-6-12/h3-6,8-9,19H,7H2,1-2H3,(H,16,20). The molecule has 1 unspecified atom stereocenters. The average Bonchev–Trinajstić information content (AvgIpc) is 2.79. The third kappa shape index (κ3) is 3.46. The molecule has 0 fully saturated rings. The summed E-state index contributed by atoms with van der Waals surface area (Å²) in [4.78, 5) is 12.0. The molecular weight excluding hydrogens is 322 g/mol. The number of rotatable bonds is 4. The van der Waals surface area contributed by atoms with Crippen LogP contribution in [0.25, 0.3) is 5.69 Å². The van der Waals surface area contributed by atoms with Gasteiger partial charge in [0.25, 0.3) is 5.91 Å². The highest BCUT2D eigenvalue weighted by Crippen LogP contribution is 2.15. The summed E-state index contributed by atoms with van der Waals surface area (Å²) in [6.07, 6.45) is 1.12. The lowest BCUT2D eigenvalue weighted by Crippen LogP contribution is -2.30. The van der Waals surface area contributed by atoms with Gasteiger partial charge in [-0.05, 0) is 38.1 Å². The summed E-state index contributed by atoms with van der Waals surface area (Å²) in [5.74, 6) is -0.230. The molecule has 0 aliphatic heterocycles. The first-order chi connectivity index (χ1) is 9.47. The van der Waals surface area contributed by atoms with Crippen molar-refractivity contribution in [2.75, 3.05) is 6.54 Å². The number of nitrogens with zero attached hydrogens (tertiary/aromatic N) is 2. The molecule has 0 radical (unpaired) electrons. The van der Waals surface area contributed by atoms with Gasteiger partial charge >= 0.3 is 0 Å². The molecule has 0 saturated heterocycles. The van der Waals surface area contributed by atoms with Gasteiger partial charge in [-0.25, -0.2) is 4.68 Å². The second kappa shape index (κ2) is 6.19. The van der Waals surface area contributed by atoms with E-state index in [1.807, 2.05) is 24.3 Å². The number of nitrogens with one attached hydrogen (secondary N) is 1. The summed E-state index contributed by atoms with van der Waals surface area (Å²) >= 11 is 3.38. The molecule has 1 heterocycles. The van der Waals surface area contributed by atoms with E-state index in [0.717, 1.165) is 10.2 Å². The van der Waals surface area contributed by atoms with Crippen LogP contribution in [0.15, 0.2) is 34.9 Å². The van der Waals surface area contributed by atoms with Gasteiger partial charge in [0.2, 0.25) is 0 Å². The van der Waals surface area contributed by atoms with Gasteiger partial charge < -0.3 is 10.4 Å². The average molecular weight is 338 g/mol. The van der Waals surface area contributed by atoms with Crippen molar-refractivity contribution in [1.82, 2.24) is 15.1 Å². The number of aromatic nitrogens is 2. The van der Waals surface area contributed by atoms with Crippen molar-refractivity contribution in [1.29, 1.82) is 0 Å². The number of benzene rings is 1. The summed E-state index contributed by atoms with van der Waals surface area (Å²) in [7, 11) is 0. The van der Waals surface area contributed by atoms with Crippen molar-refractivity contribution in [3.8, 4) is 5.69 Å². The van der Waals surface area contributed by atoms with E-state index in [0.29, 0.717) is 11.3 Å². The van der Waals surface area contributed by atoms with Crippen LogP contribution >= 0.6 is 15.9 Å².